The summed E-state index contributed by atoms with van der Waals surface area (Å²) in [5.74, 6) is 0.683. The second kappa shape index (κ2) is 9.85. The van der Waals surface area contributed by atoms with Gasteiger partial charge >= 0.3 is 0 Å². The smallest absolute Gasteiger partial charge is 0.243 e. The van der Waals surface area contributed by atoms with E-state index in [-0.39, 0.29) is 12.5 Å². The van der Waals surface area contributed by atoms with E-state index in [9.17, 15) is 4.79 Å². The largest absolute Gasteiger partial charge is 0.361 e. The number of nitrogens with one attached hydrogen (secondary N) is 3. The molecule has 6 heteroatoms. The Bertz CT molecular complexity index is 748. The van der Waals surface area contributed by atoms with Crippen molar-refractivity contribution in [3.8, 4) is 0 Å². The summed E-state index contributed by atoms with van der Waals surface area (Å²) in [6.45, 7) is 6.02. The molecule has 0 fully saturated rings. The van der Waals surface area contributed by atoms with E-state index in [0.717, 1.165) is 32.4 Å². The van der Waals surface area contributed by atoms with Gasteiger partial charge in [0.05, 0.1) is 0 Å². The molecule has 1 aromatic carbocycles. The number of amides is 1. The van der Waals surface area contributed by atoms with Crippen LogP contribution in [-0.4, -0.2) is 55.5 Å². The minimum Gasteiger partial charge on any atom is -0.361 e. The van der Waals surface area contributed by atoms with Crippen LogP contribution in [0.4, 0.5) is 0 Å². The van der Waals surface area contributed by atoms with Crippen LogP contribution in [0.15, 0.2) is 29.4 Å². The quantitative estimate of drug-likeness (QED) is 0.501. The van der Waals surface area contributed by atoms with E-state index in [2.05, 4.69) is 58.9 Å². The molecule has 2 aromatic rings. The third-order valence-electron chi connectivity index (χ3n) is 4.37. The Morgan fingerprint density at radius 2 is 1.92 bits per heavy atom. The highest BCUT2D eigenvalue weighted by Gasteiger charge is 2.07. The predicted molar refractivity (Wildman–Crippen MR) is 109 cm³/mol. The van der Waals surface area contributed by atoms with Gasteiger partial charge < -0.3 is 20.5 Å². The number of hydrogen-bond acceptors (Lipinski definition) is 2. The number of rotatable bonds is 8. The normalized spacial score (nSPS) is 11.6. The highest BCUT2D eigenvalue weighted by Crippen LogP contribution is 2.22. The fourth-order valence-electron chi connectivity index (χ4n) is 2.80. The molecule has 3 N–H and O–H groups in total. The van der Waals surface area contributed by atoms with Crippen LogP contribution >= 0.6 is 0 Å². The van der Waals surface area contributed by atoms with Crippen molar-refractivity contribution >= 4 is 22.8 Å². The van der Waals surface area contributed by atoms with Crippen LogP contribution in [0.25, 0.3) is 10.9 Å². The van der Waals surface area contributed by atoms with Crippen LogP contribution in [0.3, 0.4) is 0 Å². The number of aryl methyl sites for hydroxylation is 1. The highest BCUT2D eigenvalue weighted by molar-refractivity contribution is 5.86. The summed E-state index contributed by atoms with van der Waals surface area (Å²) in [5.41, 5.74) is 3.87. The summed E-state index contributed by atoms with van der Waals surface area (Å²) in [7, 11) is 3.48. The van der Waals surface area contributed by atoms with E-state index < -0.39 is 0 Å². The van der Waals surface area contributed by atoms with Gasteiger partial charge in [0.1, 0.15) is 6.54 Å². The van der Waals surface area contributed by atoms with Crippen LogP contribution in [0.5, 0.6) is 0 Å². The molecule has 0 saturated carbocycles. The fourth-order valence-corrected chi connectivity index (χ4v) is 2.80. The van der Waals surface area contributed by atoms with Crippen molar-refractivity contribution in [3.05, 3.63) is 35.5 Å². The number of carbonyl (C=O) groups excluding carboxylic acids is 1. The molecule has 0 radical (unpaired) electrons. The molecule has 0 aliphatic carbocycles. The third-order valence-corrected chi connectivity index (χ3v) is 4.37. The van der Waals surface area contributed by atoms with Crippen LogP contribution < -0.4 is 10.6 Å². The number of nitrogens with zero attached hydrogens (tertiary/aromatic N) is 2. The molecule has 6 nitrogen and oxygen atoms in total. The number of benzene rings is 1. The summed E-state index contributed by atoms with van der Waals surface area (Å²) in [6.07, 6.45) is 5.01. The van der Waals surface area contributed by atoms with Gasteiger partial charge in [-0.2, -0.15) is 0 Å². The summed E-state index contributed by atoms with van der Waals surface area (Å²) in [6, 6.07) is 6.46. The lowest BCUT2D eigenvalue weighted by Crippen LogP contribution is -2.39. The van der Waals surface area contributed by atoms with Gasteiger partial charge in [0, 0.05) is 44.3 Å². The van der Waals surface area contributed by atoms with E-state index in [1.54, 1.807) is 19.0 Å². The second-order valence-electron chi connectivity index (χ2n) is 6.56. The lowest BCUT2D eigenvalue weighted by atomic mass is 10.1. The minimum atomic E-state index is -0.00804. The van der Waals surface area contributed by atoms with Crippen molar-refractivity contribution in [2.75, 3.05) is 33.7 Å². The fraction of sp³-hybridized carbons (Fsp3) is 0.500. The number of para-hydroxylation sites is 1. The zero-order chi connectivity index (χ0) is 18.9. The van der Waals surface area contributed by atoms with Gasteiger partial charge in [0.15, 0.2) is 5.96 Å². The van der Waals surface area contributed by atoms with Gasteiger partial charge in [0.2, 0.25) is 5.91 Å². The monoisotopic (exact) mass is 357 g/mol. The average molecular weight is 358 g/mol. The number of hydrogen-bond donors (Lipinski definition) is 3. The maximum Gasteiger partial charge on any atom is 0.243 e. The molecule has 0 bridgehead atoms. The van der Waals surface area contributed by atoms with E-state index in [1.807, 2.05) is 0 Å². The van der Waals surface area contributed by atoms with Gasteiger partial charge in [0.25, 0.3) is 0 Å². The first-order valence-corrected chi connectivity index (χ1v) is 9.37. The number of aliphatic imine (C=N–C) groups is 1. The SMILES string of the molecule is CCCNC(=NCC(=O)N(C)C)NCCc1c[nH]c2c(CC)cccc12. The number of aromatic amines is 1. The molecule has 0 unspecified atom stereocenters. The second-order valence-corrected chi connectivity index (χ2v) is 6.56. The molecule has 2 rings (SSSR count). The zero-order valence-electron chi connectivity index (χ0n) is 16.4. The molecular formula is C20H31N5O. The maximum absolute atomic E-state index is 11.7. The lowest BCUT2D eigenvalue weighted by molar-refractivity contribution is -0.127. The summed E-state index contributed by atoms with van der Waals surface area (Å²) < 4.78 is 0. The number of H-pyrrole nitrogens is 1. The van der Waals surface area contributed by atoms with Gasteiger partial charge in [-0.1, -0.05) is 32.0 Å². The van der Waals surface area contributed by atoms with Crippen molar-refractivity contribution in [2.45, 2.75) is 33.1 Å². The maximum atomic E-state index is 11.7. The minimum absolute atomic E-state index is 0.00804. The van der Waals surface area contributed by atoms with Gasteiger partial charge in [-0.05, 0) is 30.4 Å². The van der Waals surface area contributed by atoms with Gasteiger partial charge in [-0.15, -0.1) is 0 Å². The molecule has 26 heavy (non-hydrogen) atoms. The number of guanidine groups is 1. The summed E-state index contributed by atoms with van der Waals surface area (Å²) >= 11 is 0. The molecule has 1 amide bonds. The molecule has 0 atom stereocenters. The third kappa shape index (κ3) is 5.25. The first-order chi connectivity index (χ1) is 12.6. The van der Waals surface area contributed by atoms with Crippen LogP contribution in [0, 0.1) is 0 Å². The van der Waals surface area contributed by atoms with Gasteiger partial charge in [-0.3, -0.25) is 4.79 Å². The Morgan fingerprint density at radius 1 is 1.15 bits per heavy atom. The van der Waals surface area contributed by atoms with E-state index >= 15 is 0 Å². The highest BCUT2D eigenvalue weighted by atomic mass is 16.2. The summed E-state index contributed by atoms with van der Waals surface area (Å²) in [4.78, 5) is 21.1. The van der Waals surface area contributed by atoms with Gasteiger partial charge in [-0.25, -0.2) is 4.99 Å². The molecular weight excluding hydrogens is 326 g/mol. The zero-order valence-corrected chi connectivity index (χ0v) is 16.4. The Hall–Kier alpha value is -2.50. The van der Waals surface area contributed by atoms with Crippen molar-refractivity contribution in [3.63, 3.8) is 0 Å². The van der Waals surface area contributed by atoms with Crippen LogP contribution in [-0.2, 0) is 17.6 Å². The topological polar surface area (TPSA) is 72.5 Å². The molecule has 142 valence electrons. The van der Waals surface area contributed by atoms with Crippen LogP contribution in [0.2, 0.25) is 0 Å². The van der Waals surface area contributed by atoms with Crippen molar-refractivity contribution < 1.29 is 4.79 Å². The van der Waals surface area contributed by atoms with E-state index in [1.165, 1.54) is 22.0 Å². The predicted octanol–water partition coefficient (Wildman–Crippen LogP) is 2.31. The number of carbonyl (C=O) groups is 1. The number of likely N-dealkylation sites (N-methyl/N-ethyl adjacent to an activating group) is 1. The average Bonchev–Trinajstić information content (AvgIpc) is 3.06. The molecule has 0 saturated heterocycles. The van der Waals surface area contributed by atoms with E-state index in [0.29, 0.717) is 5.96 Å². The standard InChI is InChI=1S/C20H31N5O/c1-5-11-21-20(24-14-18(26)25(3)4)22-12-10-16-13-23-19-15(6-2)8-7-9-17(16)19/h7-9,13,23H,5-6,10-12,14H2,1-4H3,(H2,21,22,24). The Morgan fingerprint density at radius 3 is 2.62 bits per heavy atom. The van der Waals surface area contributed by atoms with Crippen molar-refractivity contribution in [1.29, 1.82) is 0 Å². The Kier molecular flexibility index (Phi) is 7.51. The Labute approximate surface area is 156 Å². The van der Waals surface area contributed by atoms with Crippen LogP contribution in [0.1, 0.15) is 31.4 Å². The molecule has 0 spiro atoms. The molecule has 1 heterocycles. The van der Waals surface area contributed by atoms with Crippen molar-refractivity contribution in [1.82, 2.24) is 20.5 Å². The molecule has 1 aromatic heterocycles. The number of fused-ring (bicyclic) bond motifs is 1. The number of aromatic nitrogens is 1. The lowest BCUT2D eigenvalue weighted by Gasteiger charge is -2.13. The first kappa shape index (κ1) is 19.8. The van der Waals surface area contributed by atoms with E-state index in [4.69, 9.17) is 0 Å². The molecule has 0 aliphatic rings. The summed E-state index contributed by atoms with van der Waals surface area (Å²) in [5, 5.41) is 7.88. The molecule has 0 aliphatic heterocycles. The van der Waals surface area contributed by atoms with Crippen molar-refractivity contribution in [2.24, 2.45) is 4.99 Å². The first-order valence-electron chi connectivity index (χ1n) is 9.37. The Balaban J connectivity index is 1.98.